The first kappa shape index (κ1) is 22.3. The van der Waals surface area contributed by atoms with Crippen LogP contribution in [-0.2, 0) is 6.42 Å². The number of halogens is 3. The quantitative estimate of drug-likeness (QED) is 0.271. The number of fused-ring (bicyclic) bond motifs is 1. The minimum absolute atomic E-state index is 0. The Bertz CT molecular complexity index is 989. The van der Waals surface area contributed by atoms with Crippen LogP contribution in [0.4, 0.5) is 14.5 Å². The maximum atomic E-state index is 14.0. The van der Waals surface area contributed by atoms with Gasteiger partial charge in [0, 0.05) is 45.2 Å². The molecule has 3 N–H and O–H groups in total. The van der Waals surface area contributed by atoms with Crippen LogP contribution in [0.2, 0.25) is 0 Å². The summed E-state index contributed by atoms with van der Waals surface area (Å²) in [5.74, 6) is 0.536. The number of aliphatic imine (C=N–C) groups is 1. The third-order valence-corrected chi connectivity index (χ3v) is 5.10. The van der Waals surface area contributed by atoms with E-state index >= 15 is 0 Å². The van der Waals surface area contributed by atoms with Gasteiger partial charge in [-0.05, 0) is 30.7 Å². The number of guanidine groups is 1. The normalized spacial score (nSPS) is 16.6. The Morgan fingerprint density at radius 1 is 1.27 bits per heavy atom. The predicted octanol–water partition coefficient (Wildman–Crippen LogP) is 3.45. The summed E-state index contributed by atoms with van der Waals surface area (Å²) in [5, 5.41) is 6.68. The van der Waals surface area contributed by atoms with Gasteiger partial charge in [0.2, 0.25) is 0 Å². The van der Waals surface area contributed by atoms with Crippen molar-refractivity contribution in [2.45, 2.75) is 18.9 Å². The summed E-state index contributed by atoms with van der Waals surface area (Å²) in [4.78, 5) is 14.1. The molecule has 2 aromatic carbocycles. The molecule has 3 aromatic rings. The van der Waals surface area contributed by atoms with E-state index in [4.69, 9.17) is 0 Å². The minimum atomic E-state index is -0.561. The summed E-state index contributed by atoms with van der Waals surface area (Å²) in [5.41, 5.74) is 2.43. The lowest BCUT2D eigenvalue weighted by Crippen LogP contribution is -2.45. The number of H-pyrrole nitrogens is 1. The van der Waals surface area contributed by atoms with Gasteiger partial charge in [-0.25, -0.2) is 13.8 Å². The number of hydrogen-bond acceptors (Lipinski definition) is 3. The fourth-order valence-electron chi connectivity index (χ4n) is 3.65. The molecular formula is C21H25F2IN6. The second-order valence-electron chi connectivity index (χ2n) is 7.12. The van der Waals surface area contributed by atoms with Gasteiger partial charge in [-0.3, -0.25) is 4.99 Å². The zero-order valence-corrected chi connectivity index (χ0v) is 19.0. The summed E-state index contributed by atoms with van der Waals surface area (Å²) in [7, 11) is 1.73. The molecular weight excluding hydrogens is 501 g/mol. The topological polar surface area (TPSA) is 68.3 Å². The van der Waals surface area contributed by atoms with Crippen LogP contribution >= 0.6 is 24.0 Å². The van der Waals surface area contributed by atoms with E-state index in [0.29, 0.717) is 31.3 Å². The Morgan fingerprint density at radius 2 is 2.10 bits per heavy atom. The second-order valence-corrected chi connectivity index (χ2v) is 7.12. The lowest BCUT2D eigenvalue weighted by Gasteiger charge is -2.21. The molecule has 0 aliphatic carbocycles. The monoisotopic (exact) mass is 526 g/mol. The highest BCUT2D eigenvalue weighted by Gasteiger charge is 2.25. The number of aromatic nitrogens is 2. The first-order chi connectivity index (χ1) is 14.1. The van der Waals surface area contributed by atoms with Gasteiger partial charge in [-0.15, -0.1) is 24.0 Å². The largest absolute Gasteiger partial charge is 0.367 e. The lowest BCUT2D eigenvalue weighted by atomic mass is 10.2. The molecule has 2 heterocycles. The maximum Gasteiger partial charge on any atom is 0.191 e. The van der Waals surface area contributed by atoms with E-state index in [1.807, 2.05) is 29.2 Å². The van der Waals surface area contributed by atoms with Crippen LogP contribution in [0.25, 0.3) is 11.0 Å². The van der Waals surface area contributed by atoms with Crippen molar-refractivity contribution in [2.75, 3.05) is 31.6 Å². The van der Waals surface area contributed by atoms with Crippen LogP contribution in [0, 0.1) is 11.6 Å². The van der Waals surface area contributed by atoms with Gasteiger partial charge in [0.15, 0.2) is 5.96 Å². The van der Waals surface area contributed by atoms with Crippen molar-refractivity contribution in [3.8, 4) is 0 Å². The highest BCUT2D eigenvalue weighted by Crippen LogP contribution is 2.24. The first-order valence-corrected chi connectivity index (χ1v) is 9.73. The number of aromatic amines is 1. The van der Waals surface area contributed by atoms with Crippen molar-refractivity contribution >= 4 is 46.7 Å². The SMILES string of the molecule is CN=C(NCCc1nc2ccccc2[nH]1)NC1CCN(c2ccc(F)cc2F)C1.I. The number of nitrogens with one attached hydrogen (secondary N) is 3. The third-order valence-electron chi connectivity index (χ3n) is 5.10. The van der Waals surface area contributed by atoms with Crippen molar-refractivity contribution in [3.63, 3.8) is 0 Å². The van der Waals surface area contributed by atoms with Crippen molar-refractivity contribution < 1.29 is 8.78 Å². The molecule has 0 saturated carbocycles. The molecule has 0 radical (unpaired) electrons. The van der Waals surface area contributed by atoms with Crippen LogP contribution in [-0.4, -0.2) is 48.7 Å². The lowest BCUT2D eigenvalue weighted by molar-refractivity contribution is 0.580. The van der Waals surface area contributed by atoms with Crippen LogP contribution in [0.5, 0.6) is 0 Å². The Hall–Kier alpha value is -2.43. The first-order valence-electron chi connectivity index (χ1n) is 9.73. The fourth-order valence-corrected chi connectivity index (χ4v) is 3.65. The molecule has 0 bridgehead atoms. The zero-order chi connectivity index (χ0) is 20.2. The Labute approximate surface area is 191 Å². The molecule has 0 amide bonds. The third kappa shape index (κ3) is 5.18. The maximum absolute atomic E-state index is 14.0. The van der Waals surface area contributed by atoms with Gasteiger partial charge in [0.05, 0.1) is 16.7 Å². The molecule has 1 atom stereocenters. The standard InChI is InChI=1S/C21H24F2N6.HI/c1-24-21(25-10-8-20-27-17-4-2-3-5-18(17)28-20)26-15-9-11-29(13-15)19-7-6-14(22)12-16(19)23;/h2-7,12,15H,8-11,13H2,1H3,(H,27,28)(H2,24,25,26);1H. The van der Waals surface area contributed by atoms with E-state index in [1.54, 1.807) is 7.05 Å². The van der Waals surface area contributed by atoms with Gasteiger partial charge < -0.3 is 20.5 Å². The number of hydrogen-bond donors (Lipinski definition) is 3. The number of rotatable bonds is 5. The molecule has 1 saturated heterocycles. The smallest absolute Gasteiger partial charge is 0.191 e. The van der Waals surface area contributed by atoms with Gasteiger partial charge in [-0.1, -0.05) is 12.1 Å². The van der Waals surface area contributed by atoms with Gasteiger partial charge >= 0.3 is 0 Å². The Morgan fingerprint density at radius 3 is 2.87 bits per heavy atom. The van der Waals surface area contributed by atoms with E-state index in [0.717, 1.165) is 35.8 Å². The van der Waals surface area contributed by atoms with E-state index in [2.05, 4.69) is 25.6 Å². The highest BCUT2D eigenvalue weighted by molar-refractivity contribution is 14.0. The van der Waals surface area contributed by atoms with Crippen molar-refractivity contribution in [2.24, 2.45) is 4.99 Å². The van der Waals surface area contributed by atoms with E-state index in [1.165, 1.54) is 12.1 Å². The van der Waals surface area contributed by atoms with Crippen LogP contribution in [0.15, 0.2) is 47.5 Å². The number of nitrogens with zero attached hydrogens (tertiary/aromatic N) is 3. The van der Waals surface area contributed by atoms with Crippen molar-refractivity contribution in [1.82, 2.24) is 20.6 Å². The summed E-state index contributed by atoms with van der Waals surface area (Å²) in [6, 6.07) is 11.8. The molecule has 1 unspecified atom stereocenters. The summed E-state index contributed by atoms with van der Waals surface area (Å²) in [6.07, 6.45) is 1.59. The Kier molecular flexibility index (Phi) is 7.46. The minimum Gasteiger partial charge on any atom is -0.367 e. The number of anilines is 1. The van der Waals surface area contributed by atoms with E-state index in [-0.39, 0.29) is 30.0 Å². The van der Waals surface area contributed by atoms with Crippen LogP contribution in [0.1, 0.15) is 12.2 Å². The molecule has 0 spiro atoms. The molecule has 1 aliphatic heterocycles. The summed E-state index contributed by atoms with van der Waals surface area (Å²) >= 11 is 0. The number of para-hydroxylation sites is 2. The average Bonchev–Trinajstić information content (AvgIpc) is 3.33. The summed E-state index contributed by atoms with van der Waals surface area (Å²) < 4.78 is 27.1. The van der Waals surface area contributed by atoms with Crippen molar-refractivity contribution in [3.05, 3.63) is 59.9 Å². The number of imidazole rings is 1. The number of benzene rings is 2. The van der Waals surface area contributed by atoms with Crippen LogP contribution < -0.4 is 15.5 Å². The fraction of sp³-hybridized carbons (Fsp3) is 0.333. The zero-order valence-electron chi connectivity index (χ0n) is 16.7. The molecule has 1 fully saturated rings. The molecule has 1 aliphatic rings. The highest BCUT2D eigenvalue weighted by atomic mass is 127. The molecule has 4 rings (SSSR count). The molecule has 160 valence electrons. The molecule has 30 heavy (non-hydrogen) atoms. The molecule has 6 nitrogen and oxygen atoms in total. The van der Waals surface area contributed by atoms with Gasteiger partial charge in [0.25, 0.3) is 0 Å². The van der Waals surface area contributed by atoms with Gasteiger partial charge in [0.1, 0.15) is 17.5 Å². The van der Waals surface area contributed by atoms with E-state index < -0.39 is 11.6 Å². The van der Waals surface area contributed by atoms with Crippen molar-refractivity contribution in [1.29, 1.82) is 0 Å². The molecule has 1 aromatic heterocycles. The Balaban J connectivity index is 0.00000256. The van der Waals surface area contributed by atoms with Gasteiger partial charge in [-0.2, -0.15) is 0 Å². The predicted molar refractivity (Wildman–Crippen MR) is 127 cm³/mol. The van der Waals surface area contributed by atoms with E-state index in [9.17, 15) is 8.78 Å². The van der Waals surface area contributed by atoms with Crippen LogP contribution in [0.3, 0.4) is 0 Å². The summed E-state index contributed by atoms with van der Waals surface area (Å²) in [6.45, 7) is 2.02. The second kappa shape index (κ2) is 10.1. The molecule has 9 heteroatoms. The average molecular weight is 526 g/mol.